The molecule has 0 unspecified atom stereocenters. The van der Waals surface area contributed by atoms with E-state index in [1.165, 1.54) is 0 Å². The average molecular weight is 280 g/mol. The first-order chi connectivity index (χ1) is 9.56. The van der Waals surface area contributed by atoms with Crippen molar-refractivity contribution in [2.45, 2.75) is 20.3 Å². The Hall–Kier alpha value is -2.08. The topological polar surface area (TPSA) is 87.7 Å². The lowest BCUT2D eigenvalue weighted by atomic mass is 10.1. The maximum Gasteiger partial charge on any atom is 0.338 e. The third-order valence-corrected chi connectivity index (χ3v) is 2.69. The minimum Gasteiger partial charge on any atom is -0.478 e. The molecule has 0 saturated heterocycles. The van der Waals surface area contributed by atoms with Gasteiger partial charge < -0.3 is 20.5 Å². The van der Waals surface area contributed by atoms with Gasteiger partial charge in [-0.25, -0.2) is 9.59 Å². The molecule has 1 rings (SSSR count). The molecule has 110 valence electrons. The summed E-state index contributed by atoms with van der Waals surface area (Å²) in [7, 11) is 0. The number of urea groups is 1. The number of hydrogen-bond acceptors (Lipinski definition) is 3. The van der Waals surface area contributed by atoms with Crippen LogP contribution in [0.4, 0.5) is 10.5 Å². The van der Waals surface area contributed by atoms with Gasteiger partial charge in [-0.1, -0.05) is 12.1 Å². The largest absolute Gasteiger partial charge is 0.478 e. The standard InChI is InChI=1S/C14H20N2O4/c1-3-20-9-5-8-15-14(19)16-11-7-4-6-10(2)12(11)13(17)18/h4,6-7H,3,5,8-9H2,1-2H3,(H,17,18)(H2,15,16,19). The number of anilines is 1. The molecule has 0 spiro atoms. The minimum absolute atomic E-state index is 0.108. The molecule has 3 N–H and O–H groups in total. The van der Waals surface area contributed by atoms with E-state index in [9.17, 15) is 9.59 Å². The van der Waals surface area contributed by atoms with Crippen molar-refractivity contribution < 1.29 is 19.4 Å². The van der Waals surface area contributed by atoms with Crippen LogP contribution in [0.1, 0.15) is 29.3 Å². The minimum atomic E-state index is -1.06. The fraction of sp³-hybridized carbons (Fsp3) is 0.429. The first-order valence-electron chi connectivity index (χ1n) is 6.51. The Morgan fingerprint density at radius 2 is 2.10 bits per heavy atom. The van der Waals surface area contributed by atoms with Crippen LogP contribution in [0.3, 0.4) is 0 Å². The summed E-state index contributed by atoms with van der Waals surface area (Å²) in [6.07, 6.45) is 0.709. The molecule has 1 aromatic carbocycles. The predicted octanol–water partition coefficient (Wildman–Crippen LogP) is 2.24. The van der Waals surface area contributed by atoms with E-state index in [4.69, 9.17) is 9.84 Å². The highest BCUT2D eigenvalue weighted by Gasteiger charge is 2.14. The van der Waals surface area contributed by atoms with Gasteiger partial charge in [-0.3, -0.25) is 0 Å². The van der Waals surface area contributed by atoms with E-state index in [0.29, 0.717) is 37.4 Å². The van der Waals surface area contributed by atoms with Gasteiger partial charge in [0.2, 0.25) is 0 Å². The highest BCUT2D eigenvalue weighted by Crippen LogP contribution is 2.19. The number of aromatic carboxylic acids is 1. The van der Waals surface area contributed by atoms with Crippen LogP contribution in [0.5, 0.6) is 0 Å². The van der Waals surface area contributed by atoms with E-state index in [1.807, 2.05) is 6.92 Å². The number of carboxylic acids is 1. The number of carbonyl (C=O) groups excluding carboxylic acids is 1. The van der Waals surface area contributed by atoms with Crippen LogP contribution < -0.4 is 10.6 Å². The van der Waals surface area contributed by atoms with Crippen molar-refractivity contribution in [3.05, 3.63) is 29.3 Å². The number of aryl methyl sites for hydroxylation is 1. The molecule has 2 amide bonds. The second-order valence-corrected chi connectivity index (χ2v) is 4.23. The second kappa shape index (κ2) is 8.16. The van der Waals surface area contributed by atoms with Gasteiger partial charge in [0.15, 0.2) is 0 Å². The number of ether oxygens (including phenoxy) is 1. The Morgan fingerprint density at radius 1 is 1.35 bits per heavy atom. The van der Waals surface area contributed by atoms with Gasteiger partial charge in [-0.15, -0.1) is 0 Å². The van der Waals surface area contributed by atoms with Gasteiger partial charge in [0.1, 0.15) is 0 Å². The van der Waals surface area contributed by atoms with Crippen LogP contribution in [-0.2, 0) is 4.74 Å². The van der Waals surface area contributed by atoms with Crippen LogP contribution >= 0.6 is 0 Å². The summed E-state index contributed by atoms with van der Waals surface area (Å²) in [6.45, 7) is 5.30. The Labute approximate surface area is 118 Å². The summed E-state index contributed by atoms with van der Waals surface area (Å²) in [6, 6.07) is 4.53. The number of rotatable bonds is 7. The number of hydrogen-bond donors (Lipinski definition) is 3. The number of carboxylic acid groups (broad SMARTS) is 1. The zero-order chi connectivity index (χ0) is 15.0. The number of carbonyl (C=O) groups is 2. The van der Waals surface area contributed by atoms with Gasteiger partial charge in [0.25, 0.3) is 0 Å². The summed E-state index contributed by atoms with van der Waals surface area (Å²) in [5.74, 6) is -1.06. The molecule has 6 heteroatoms. The van der Waals surface area contributed by atoms with E-state index in [1.54, 1.807) is 25.1 Å². The number of benzene rings is 1. The quantitative estimate of drug-likeness (QED) is 0.668. The highest BCUT2D eigenvalue weighted by atomic mass is 16.5. The van der Waals surface area contributed by atoms with Crippen molar-refractivity contribution in [2.24, 2.45) is 0 Å². The smallest absolute Gasteiger partial charge is 0.338 e. The lowest BCUT2D eigenvalue weighted by Gasteiger charge is -2.11. The molecule has 20 heavy (non-hydrogen) atoms. The summed E-state index contributed by atoms with van der Waals surface area (Å²) < 4.78 is 5.15. The van der Waals surface area contributed by atoms with E-state index >= 15 is 0 Å². The van der Waals surface area contributed by atoms with Crippen LogP contribution in [0, 0.1) is 6.92 Å². The van der Waals surface area contributed by atoms with Crippen LogP contribution in [0.25, 0.3) is 0 Å². The monoisotopic (exact) mass is 280 g/mol. The molecule has 0 atom stereocenters. The van der Waals surface area contributed by atoms with E-state index in [-0.39, 0.29) is 5.56 Å². The maximum absolute atomic E-state index is 11.7. The molecular weight excluding hydrogens is 260 g/mol. The Balaban J connectivity index is 2.54. The lowest BCUT2D eigenvalue weighted by molar-refractivity contribution is 0.0697. The highest BCUT2D eigenvalue weighted by molar-refractivity contribution is 6.01. The molecule has 0 aliphatic heterocycles. The third kappa shape index (κ3) is 4.89. The predicted molar refractivity (Wildman–Crippen MR) is 76.3 cm³/mol. The van der Waals surface area contributed by atoms with Crippen LogP contribution in [0.2, 0.25) is 0 Å². The Bertz CT molecular complexity index is 474. The molecular formula is C14H20N2O4. The maximum atomic E-state index is 11.7. The summed E-state index contributed by atoms with van der Waals surface area (Å²) in [5, 5.41) is 14.3. The lowest BCUT2D eigenvalue weighted by Crippen LogP contribution is -2.30. The summed E-state index contributed by atoms with van der Waals surface area (Å²) >= 11 is 0. The Morgan fingerprint density at radius 3 is 2.75 bits per heavy atom. The first kappa shape index (κ1) is 16.0. The van der Waals surface area contributed by atoms with E-state index < -0.39 is 12.0 Å². The fourth-order valence-corrected chi connectivity index (χ4v) is 1.74. The van der Waals surface area contributed by atoms with Crippen molar-refractivity contribution in [1.29, 1.82) is 0 Å². The number of amides is 2. The molecule has 0 aliphatic carbocycles. The molecule has 0 aromatic heterocycles. The molecule has 1 aromatic rings. The number of nitrogens with one attached hydrogen (secondary N) is 2. The van der Waals surface area contributed by atoms with Gasteiger partial charge in [0, 0.05) is 19.8 Å². The SMILES string of the molecule is CCOCCCNC(=O)Nc1cccc(C)c1C(=O)O. The first-order valence-corrected chi connectivity index (χ1v) is 6.51. The zero-order valence-corrected chi connectivity index (χ0v) is 11.7. The summed E-state index contributed by atoms with van der Waals surface area (Å²) in [5.41, 5.74) is 1.00. The van der Waals surface area contributed by atoms with Crippen molar-refractivity contribution in [3.63, 3.8) is 0 Å². The average Bonchev–Trinajstić information content (AvgIpc) is 2.38. The molecule has 0 aliphatic rings. The fourth-order valence-electron chi connectivity index (χ4n) is 1.74. The van der Waals surface area contributed by atoms with Crippen molar-refractivity contribution in [3.8, 4) is 0 Å². The third-order valence-electron chi connectivity index (χ3n) is 2.69. The molecule has 0 bridgehead atoms. The Kier molecular flexibility index (Phi) is 6.52. The van der Waals surface area contributed by atoms with Gasteiger partial charge in [0.05, 0.1) is 11.3 Å². The van der Waals surface area contributed by atoms with Gasteiger partial charge in [-0.2, -0.15) is 0 Å². The van der Waals surface area contributed by atoms with Crippen molar-refractivity contribution in [1.82, 2.24) is 5.32 Å². The van der Waals surface area contributed by atoms with Crippen molar-refractivity contribution >= 4 is 17.7 Å². The molecule has 6 nitrogen and oxygen atoms in total. The molecule has 0 radical (unpaired) electrons. The molecule has 0 saturated carbocycles. The van der Waals surface area contributed by atoms with Crippen LogP contribution in [0.15, 0.2) is 18.2 Å². The van der Waals surface area contributed by atoms with Crippen molar-refractivity contribution in [2.75, 3.05) is 25.1 Å². The van der Waals surface area contributed by atoms with Gasteiger partial charge >= 0.3 is 12.0 Å². The van der Waals surface area contributed by atoms with E-state index in [2.05, 4.69) is 10.6 Å². The molecule has 0 fully saturated rings. The van der Waals surface area contributed by atoms with Crippen LogP contribution in [-0.4, -0.2) is 36.9 Å². The molecule has 0 heterocycles. The normalized spacial score (nSPS) is 10.1. The second-order valence-electron chi connectivity index (χ2n) is 4.23. The van der Waals surface area contributed by atoms with Gasteiger partial charge in [-0.05, 0) is 31.9 Å². The summed E-state index contributed by atoms with van der Waals surface area (Å²) in [4.78, 5) is 22.8. The zero-order valence-electron chi connectivity index (χ0n) is 11.7. The van der Waals surface area contributed by atoms with E-state index in [0.717, 1.165) is 0 Å².